The van der Waals surface area contributed by atoms with Crippen LogP contribution >= 0.6 is 0 Å². The largest absolute Gasteiger partial charge is 0.395 e. The Labute approximate surface area is 99.3 Å². The summed E-state index contributed by atoms with van der Waals surface area (Å²) in [4.78, 5) is 11.2. The fourth-order valence-corrected chi connectivity index (χ4v) is 1.74. The molecular formula is C11H17N5O. The SMILES string of the molecule is CC[C@@H](CO)NCc1c[nH]c2c(N)ncnc12. The van der Waals surface area contributed by atoms with Gasteiger partial charge in [0.1, 0.15) is 11.8 Å². The Bertz CT molecular complexity index is 492. The maximum atomic E-state index is 9.10. The molecule has 6 heteroatoms. The van der Waals surface area contributed by atoms with Crippen LogP contribution in [0.15, 0.2) is 12.5 Å². The van der Waals surface area contributed by atoms with Crippen LogP contribution in [0, 0.1) is 0 Å². The fourth-order valence-electron chi connectivity index (χ4n) is 1.74. The van der Waals surface area contributed by atoms with Crippen molar-refractivity contribution in [3.8, 4) is 0 Å². The van der Waals surface area contributed by atoms with Gasteiger partial charge in [-0.1, -0.05) is 6.92 Å². The van der Waals surface area contributed by atoms with E-state index in [-0.39, 0.29) is 12.6 Å². The number of nitrogen functional groups attached to an aromatic ring is 1. The molecule has 0 aliphatic carbocycles. The third kappa shape index (κ3) is 2.37. The second-order valence-corrected chi connectivity index (χ2v) is 3.97. The van der Waals surface area contributed by atoms with Crippen LogP contribution in [-0.4, -0.2) is 32.7 Å². The smallest absolute Gasteiger partial charge is 0.151 e. The first-order valence-corrected chi connectivity index (χ1v) is 5.67. The van der Waals surface area contributed by atoms with Crippen LogP contribution in [0.4, 0.5) is 5.82 Å². The van der Waals surface area contributed by atoms with Crippen molar-refractivity contribution < 1.29 is 5.11 Å². The van der Waals surface area contributed by atoms with Crippen molar-refractivity contribution in [3.63, 3.8) is 0 Å². The van der Waals surface area contributed by atoms with Gasteiger partial charge in [-0.05, 0) is 6.42 Å². The summed E-state index contributed by atoms with van der Waals surface area (Å²) in [5, 5.41) is 12.4. The van der Waals surface area contributed by atoms with Crippen LogP contribution in [0.1, 0.15) is 18.9 Å². The first kappa shape index (κ1) is 11.8. The van der Waals surface area contributed by atoms with Crippen molar-refractivity contribution in [2.45, 2.75) is 25.9 Å². The summed E-state index contributed by atoms with van der Waals surface area (Å²) in [6, 6.07) is 0.110. The Morgan fingerprint density at radius 2 is 2.35 bits per heavy atom. The maximum absolute atomic E-state index is 9.10. The number of fused-ring (bicyclic) bond motifs is 1. The number of aliphatic hydroxyl groups excluding tert-OH is 1. The molecule has 5 N–H and O–H groups in total. The molecule has 0 amide bonds. The standard InChI is InChI=1S/C11H17N5O/c1-2-8(5-17)13-3-7-4-14-10-9(7)15-6-16-11(10)12/h4,6,8,13-14,17H,2-3,5H2,1H3,(H2,12,15,16)/t8-/m0/s1. The normalized spacial score (nSPS) is 13.1. The van der Waals surface area contributed by atoms with E-state index < -0.39 is 0 Å². The van der Waals surface area contributed by atoms with Gasteiger partial charge in [0.25, 0.3) is 0 Å². The monoisotopic (exact) mass is 235 g/mol. The molecule has 0 bridgehead atoms. The zero-order valence-corrected chi connectivity index (χ0v) is 9.77. The number of anilines is 1. The number of hydrogen-bond acceptors (Lipinski definition) is 5. The summed E-state index contributed by atoms with van der Waals surface area (Å²) in [5.41, 5.74) is 8.36. The van der Waals surface area contributed by atoms with Gasteiger partial charge in [-0.3, -0.25) is 0 Å². The number of nitrogens with one attached hydrogen (secondary N) is 2. The highest BCUT2D eigenvalue weighted by Crippen LogP contribution is 2.18. The Kier molecular flexibility index (Phi) is 3.55. The zero-order valence-electron chi connectivity index (χ0n) is 9.77. The van der Waals surface area contributed by atoms with Crippen LogP contribution in [0.5, 0.6) is 0 Å². The van der Waals surface area contributed by atoms with Gasteiger partial charge >= 0.3 is 0 Å². The lowest BCUT2D eigenvalue weighted by atomic mass is 10.2. The number of nitrogens with two attached hydrogens (primary N) is 1. The minimum absolute atomic E-state index is 0.110. The Balaban J connectivity index is 2.17. The first-order chi connectivity index (χ1) is 8.26. The average molecular weight is 235 g/mol. The summed E-state index contributed by atoms with van der Waals surface area (Å²) in [6.07, 6.45) is 4.21. The zero-order chi connectivity index (χ0) is 12.3. The lowest BCUT2D eigenvalue weighted by Gasteiger charge is -2.12. The van der Waals surface area contributed by atoms with E-state index in [1.165, 1.54) is 6.33 Å². The number of aliphatic hydroxyl groups is 1. The van der Waals surface area contributed by atoms with Gasteiger partial charge in [0.05, 0.1) is 12.1 Å². The van der Waals surface area contributed by atoms with Crippen molar-refractivity contribution >= 4 is 16.9 Å². The van der Waals surface area contributed by atoms with Gasteiger partial charge in [0, 0.05) is 24.3 Å². The predicted octanol–water partition coefficient (Wildman–Crippen LogP) is 0.401. The van der Waals surface area contributed by atoms with Gasteiger partial charge in [-0.15, -0.1) is 0 Å². The topological polar surface area (TPSA) is 99.8 Å². The van der Waals surface area contributed by atoms with Crippen LogP contribution < -0.4 is 11.1 Å². The summed E-state index contributed by atoms with van der Waals surface area (Å²) in [5.74, 6) is 0.454. The molecule has 2 heterocycles. The number of rotatable bonds is 5. The van der Waals surface area contributed by atoms with E-state index in [4.69, 9.17) is 10.8 Å². The Hall–Kier alpha value is -1.66. The molecule has 2 rings (SSSR count). The molecule has 1 atom stereocenters. The molecule has 0 fully saturated rings. The number of nitrogens with zero attached hydrogens (tertiary/aromatic N) is 2. The minimum Gasteiger partial charge on any atom is -0.395 e. The molecule has 0 saturated heterocycles. The molecule has 0 spiro atoms. The highest BCUT2D eigenvalue weighted by atomic mass is 16.3. The van der Waals surface area contributed by atoms with E-state index in [9.17, 15) is 0 Å². The van der Waals surface area contributed by atoms with Gasteiger partial charge < -0.3 is 21.1 Å². The van der Waals surface area contributed by atoms with Gasteiger partial charge in [0.2, 0.25) is 0 Å². The van der Waals surface area contributed by atoms with E-state index >= 15 is 0 Å². The molecule has 6 nitrogen and oxygen atoms in total. The number of aromatic amines is 1. The summed E-state index contributed by atoms with van der Waals surface area (Å²) < 4.78 is 0. The Morgan fingerprint density at radius 3 is 3.06 bits per heavy atom. The highest BCUT2D eigenvalue weighted by Gasteiger charge is 2.09. The van der Waals surface area contributed by atoms with E-state index in [1.54, 1.807) is 0 Å². The number of H-pyrrole nitrogens is 1. The molecular weight excluding hydrogens is 218 g/mol. The summed E-state index contributed by atoms with van der Waals surface area (Å²) >= 11 is 0. The van der Waals surface area contributed by atoms with E-state index in [2.05, 4.69) is 20.3 Å². The van der Waals surface area contributed by atoms with Crippen molar-refractivity contribution in [2.24, 2.45) is 0 Å². The quantitative estimate of drug-likeness (QED) is 0.601. The third-order valence-electron chi connectivity index (χ3n) is 2.87. The first-order valence-electron chi connectivity index (χ1n) is 5.67. The molecule has 0 aromatic carbocycles. The van der Waals surface area contributed by atoms with Crippen molar-refractivity contribution in [1.82, 2.24) is 20.3 Å². The summed E-state index contributed by atoms with van der Waals surface area (Å²) in [6.45, 7) is 2.81. The van der Waals surface area contributed by atoms with Crippen molar-refractivity contribution in [2.75, 3.05) is 12.3 Å². The second kappa shape index (κ2) is 5.11. The Morgan fingerprint density at radius 1 is 1.53 bits per heavy atom. The van der Waals surface area contributed by atoms with Gasteiger partial charge in [-0.2, -0.15) is 0 Å². The summed E-state index contributed by atoms with van der Waals surface area (Å²) in [7, 11) is 0. The van der Waals surface area contributed by atoms with E-state index in [0.717, 1.165) is 23.0 Å². The number of hydrogen-bond donors (Lipinski definition) is 4. The molecule has 0 unspecified atom stereocenters. The molecule has 0 aliphatic rings. The van der Waals surface area contributed by atoms with Crippen LogP contribution in [0.2, 0.25) is 0 Å². The van der Waals surface area contributed by atoms with E-state index in [0.29, 0.717) is 12.4 Å². The molecule has 2 aromatic heterocycles. The van der Waals surface area contributed by atoms with Crippen molar-refractivity contribution in [3.05, 3.63) is 18.1 Å². The van der Waals surface area contributed by atoms with Crippen LogP contribution in [0.3, 0.4) is 0 Å². The molecule has 0 saturated carbocycles. The van der Waals surface area contributed by atoms with Crippen molar-refractivity contribution in [1.29, 1.82) is 0 Å². The second-order valence-electron chi connectivity index (χ2n) is 3.97. The third-order valence-corrected chi connectivity index (χ3v) is 2.87. The predicted molar refractivity (Wildman–Crippen MR) is 66.3 cm³/mol. The van der Waals surface area contributed by atoms with Gasteiger partial charge in [-0.25, -0.2) is 9.97 Å². The van der Waals surface area contributed by atoms with Crippen LogP contribution in [-0.2, 0) is 6.54 Å². The highest BCUT2D eigenvalue weighted by molar-refractivity contribution is 5.86. The van der Waals surface area contributed by atoms with Gasteiger partial charge in [0.15, 0.2) is 5.82 Å². The fraction of sp³-hybridized carbons (Fsp3) is 0.455. The maximum Gasteiger partial charge on any atom is 0.151 e. The lowest BCUT2D eigenvalue weighted by Crippen LogP contribution is -2.31. The molecule has 2 aromatic rings. The average Bonchev–Trinajstić information content (AvgIpc) is 2.75. The molecule has 92 valence electrons. The minimum atomic E-state index is 0.110. The molecule has 17 heavy (non-hydrogen) atoms. The van der Waals surface area contributed by atoms with E-state index in [1.807, 2.05) is 13.1 Å². The lowest BCUT2D eigenvalue weighted by molar-refractivity contribution is 0.238. The molecule has 0 radical (unpaired) electrons. The molecule has 0 aliphatic heterocycles. The van der Waals surface area contributed by atoms with Crippen LogP contribution in [0.25, 0.3) is 11.0 Å². The number of aromatic nitrogens is 3.